The lowest BCUT2D eigenvalue weighted by atomic mass is 9.76. The summed E-state index contributed by atoms with van der Waals surface area (Å²) in [7, 11) is 1.65. The summed E-state index contributed by atoms with van der Waals surface area (Å²) in [6.45, 7) is 8.60. The summed E-state index contributed by atoms with van der Waals surface area (Å²) < 4.78 is 17.3. The van der Waals surface area contributed by atoms with Crippen molar-refractivity contribution >= 4 is 18.2 Å². The Morgan fingerprint density at radius 1 is 0.933 bits per heavy atom. The molecule has 1 unspecified atom stereocenters. The average molecular weight is 621 g/mol. The number of ether oxygens (including phenoxy) is 3. The minimum Gasteiger partial charge on any atom is -0.479 e. The van der Waals surface area contributed by atoms with Crippen LogP contribution in [-0.2, 0) is 19.0 Å². The van der Waals surface area contributed by atoms with Crippen LogP contribution in [0.2, 0.25) is 0 Å². The van der Waals surface area contributed by atoms with Gasteiger partial charge >= 0.3 is 18.2 Å². The van der Waals surface area contributed by atoms with E-state index in [1.54, 1.807) is 18.9 Å². The van der Waals surface area contributed by atoms with Crippen molar-refractivity contribution in [3.8, 4) is 11.1 Å². The highest BCUT2D eigenvalue weighted by atomic mass is 16.6. The summed E-state index contributed by atoms with van der Waals surface area (Å²) in [4.78, 5) is 43.5. The first-order valence-electron chi connectivity index (χ1n) is 16.2. The van der Waals surface area contributed by atoms with Gasteiger partial charge in [0, 0.05) is 38.1 Å². The number of likely N-dealkylation sites (tertiary alicyclic amines) is 1. The van der Waals surface area contributed by atoms with Crippen LogP contribution in [0.1, 0.15) is 83.3 Å². The molecule has 1 aliphatic heterocycles. The van der Waals surface area contributed by atoms with E-state index in [1.165, 1.54) is 4.90 Å². The summed E-state index contributed by atoms with van der Waals surface area (Å²) in [6, 6.07) is 16.3. The molecule has 9 heteroatoms. The first-order chi connectivity index (χ1) is 21.4. The monoisotopic (exact) mass is 620 g/mol. The molecule has 1 N–H and O–H groups in total. The van der Waals surface area contributed by atoms with E-state index in [9.17, 15) is 19.5 Å². The van der Waals surface area contributed by atoms with Gasteiger partial charge in [-0.2, -0.15) is 0 Å². The number of rotatable bonds is 9. The minimum atomic E-state index is -1.55. The lowest BCUT2D eigenvalue weighted by Gasteiger charge is -2.48. The van der Waals surface area contributed by atoms with Crippen LogP contribution in [0, 0.1) is 11.3 Å². The lowest BCUT2D eigenvalue weighted by molar-refractivity contribution is -0.156. The standard InChI is InChI=1S/C36H48N2O7/c1-34(2,3)45-32(41)37-20-16-25(17-21-37)35(4,31(39)40)38(23-36(24-43-5)18-10-11-19-36)33(42)44-22-30-28-14-8-6-12-26(28)27-13-7-9-15-29(27)30/h6-9,12-15,25,30H,10-11,16-24H2,1-5H3,(H,39,40). The number of carbonyl (C=O) groups excluding carboxylic acids is 2. The fourth-order valence-electron chi connectivity index (χ4n) is 7.67. The topological polar surface area (TPSA) is 106 Å². The Labute approximate surface area is 266 Å². The van der Waals surface area contributed by atoms with Gasteiger partial charge in [-0.25, -0.2) is 14.4 Å². The lowest BCUT2D eigenvalue weighted by Crippen LogP contribution is -2.63. The number of carboxylic acid groups (broad SMARTS) is 1. The number of fused-ring (bicyclic) bond motifs is 3. The molecule has 9 nitrogen and oxygen atoms in total. The number of hydrogen-bond acceptors (Lipinski definition) is 6. The van der Waals surface area contributed by atoms with Crippen molar-refractivity contribution in [2.24, 2.45) is 11.3 Å². The first kappa shape index (κ1) is 32.8. The second kappa shape index (κ2) is 13.0. The van der Waals surface area contributed by atoms with Crippen LogP contribution in [0.25, 0.3) is 11.1 Å². The summed E-state index contributed by atoms with van der Waals surface area (Å²) in [6.07, 6.45) is 3.51. The molecule has 45 heavy (non-hydrogen) atoms. The van der Waals surface area contributed by atoms with Gasteiger partial charge in [0.2, 0.25) is 0 Å². The zero-order chi connectivity index (χ0) is 32.4. The molecule has 3 aliphatic rings. The first-order valence-corrected chi connectivity index (χ1v) is 16.2. The van der Waals surface area contributed by atoms with Crippen molar-refractivity contribution in [1.82, 2.24) is 9.80 Å². The summed E-state index contributed by atoms with van der Waals surface area (Å²) in [5, 5.41) is 10.9. The van der Waals surface area contributed by atoms with Crippen LogP contribution in [0.5, 0.6) is 0 Å². The smallest absolute Gasteiger partial charge is 0.410 e. The number of hydrogen-bond donors (Lipinski definition) is 1. The fraction of sp³-hybridized carbons (Fsp3) is 0.583. The van der Waals surface area contributed by atoms with E-state index >= 15 is 0 Å². The number of methoxy groups -OCH3 is 1. The van der Waals surface area contributed by atoms with Gasteiger partial charge in [0.25, 0.3) is 0 Å². The molecule has 2 amide bonds. The number of benzene rings is 2. The number of carboxylic acids is 1. The highest BCUT2D eigenvalue weighted by Gasteiger charge is 2.53. The SMILES string of the molecule is COCC1(CN(C(=O)OCC2c3ccccc3-c3ccccc32)C(C)(C(=O)O)C2CCN(C(=O)OC(C)(C)C)CC2)CCCC1. The molecular formula is C36H48N2O7. The molecule has 2 aliphatic carbocycles. The van der Waals surface area contributed by atoms with Gasteiger partial charge in [0.1, 0.15) is 17.7 Å². The maximum Gasteiger partial charge on any atom is 0.410 e. The molecule has 244 valence electrons. The Bertz CT molecular complexity index is 1340. The van der Waals surface area contributed by atoms with Crippen molar-refractivity contribution < 1.29 is 33.7 Å². The molecule has 1 atom stereocenters. The fourth-order valence-corrected chi connectivity index (χ4v) is 7.67. The molecule has 1 heterocycles. The van der Waals surface area contributed by atoms with Crippen LogP contribution < -0.4 is 0 Å². The molecule has 2 fully saturated rings. The normalized spacial score (nSPS) is 19.4. The molecule has 2 aromatic carbocycles. The van der Waals surface area contributed by atoms with E-state index in [2.05, 4.69) is 24.3 Å². The third-order valence-corrected chi connectivity index (χ3v) is 10.1. The van der Waals surface area contributed by atoms with E-state index in [0.29, 0.717) is 32.5 Å². The Morgan fingerprint density at radius 2 is 1.49 bits per heavy atom. The van der Waals surface area contributed by atoms with Gasteiger partial charge in [0.05, 0.1) is 6.61 Å². The van der Waals surface area contributed by atoms with E-state index < -0.39 is 35.2 Å². The van der Waals surface area contributed by atoms with Crippen molar-refractivity contribution in [3.05, 3.63) is 59.7 Å². The molecule has 0 radical (unpaired) electrons. The van der Waals surface area contributed by atoms with Gasteiger partial charge < -0.3 is 24.2 Å². The third-order valence-electron chi connectivity index (χ3n) is 10.1. The summed E-state index contributed by atoms with van der Waals surface area (Å²) in [5.74, 6) is -1.61. The van der Waals surface area contributed by atoms with Crippen LogP contribution >= 0.6 is 0 Å². The van der Waals surface area contributed by atoms with Crippen molar-refractivity contribution in [2.45, 2.75) is 83.3 Å². The van der Waals surface area contributed by atoms with E-state index in [1.807, 2.05) is 45.0 Å². The Kier molecular flexibility index (Phi) is 9.49. The second-order valence-corrected chi connectivity index (χ2v) is 14.2. The zero-order valence-corrected chi connectivity index (χ0v) is 27.3. The van der Waals surface area contributed by atoms with E-state index in [-0.39, 0.29) is 24.5 Å². The molecule has 1 saturated carbocycles. The highest BCUT2D eigenvalue weighted by Crippen LogP contribution is 2.46. The molecule has 5 rings (SSSR count). The average Bonchev–Trinajstić information content (AvgIpc) is 3.60. The summed E-state index contributed by atoms with van der Waals surface area (Å²) in [5.41, 5.74) is 1.92. The van der Waals surface area contributed by atoms with Gasteiger partial charge in [-0.15, -0.1) is 0 Å². The minimum absolute atomic E-state index is 0.105. The van der Waals surface area contributed by atoms with Gasteiger partial charge in [-0.3, -0.25) is 4.90 Å². The van der Waals surface area contributed by atoms with Crippen LogP contribution in [0.3, 0.4) is 0 Å². The third kappa shape index (κ3) is 6.69. The van der Waals surface area contributed by atoms with E-state index in [4.69, 9.17) is 14.2 Å². The second-order valence-electron chi connectivity index (χ2n) is 14.2. The number of aliphatic carboxylic acids is 1. The molecule has 1 saturated heterocycles. The highest BCUT2D eigenvalue weighted by molar-refractivity contribution is 5.85. The molecule has 0 bridgehead atoms. The Balaban J connectivity index is 1.41. The Hall–Kier alpha value is -3.59. The molecule has 0 aromatic heterocycles. The zero-order valence-electron chi connectivity index (χ0n) is 27.3. The number of nitrogens with zero attached hydrogens (tertiary/aromatic N) is 2. The molecular weight excluding hydrogens is 572 g/mol. The molecule has 0 spiro atoms. The molecule has 2 aromatic rings. The quantitative estimate of drug-likeness (QED) is 0.324. The number of piperidine rings is 1. The maximum absolute atomic E-state index is 14.3. The predicted octanol–water partition coefficient (Wildman–Crippen LogP) is 6.93. The van der Waals surface area contributed by atoms with Gasteiger partial charge in [-0.05, 0) is 81.5 Å². The maximum atomic E-state index is 14.3. The van der Waals surface area contributed by atoms with Crippen molar-refractivity contribution in [1.29, 1.82) is 0 Å². The Morgan fingerprint density at radius 3 is 2.00 bits per heavy atom. The van der Waals surface area contributed by atoms with Crippen molar-refractivity contribution in [2.75, 3.05) is 40.0 Å². The van der Waals surface area contributed by atoms with Crippen LogP contribution in [0.15, 0.2) is 48.5 Å². The van der Waals surface area contributed by atoms with Crippen LogP contribution in [0.4, 0.5) is 9.59 Å². The van der Waals surface area contributed by atoms with Gasteiger partial charge in [-0.1, -0.05) is 61.4 Å². The van der Waals surface area contributed by atoms with Crippen molar-refractivity contribution in [3.63, 3.8) is 0 Å². The van der Waals surface area contributed by atoms with E-state index in [0.717, 1.165) is 47.9 Å². The predicted molar refractivity (Wildman–Crippen MR) is 171 cm³/mol. The number of carbonyl (C=O) groups is 3. The number of amides is 2. The summed E-state index contributed by atoms with van der Waals surface area (Å²) >= 11 is 0. The largest absolute Gasteiger partial charge is 0.479 e. The van der Waals surface area contributed by atoms with Crippen LogP contribution in [-0.4, -0.2) is 84.2 Å². The van der Waals surface area contributed by atoms with Gasteiger partial charge in [0.15, 0.2) is 0 Å².